The molecule has 0 radical (unpaired) electrons. The van der Waals surface area contributed by atoms with Crippen molar-refractivity contribution < 1.29 is 9.53 Å². The second-order valence-corrected chi connectivity index (χ2v) is 4.79. The number of carbonyl (C=O) groups is 1. The fraction of sp³-hybridized carbons (Fsp3) is 0.250. The average molecular weight is 285 g/mol. The monoisotopic (exact) mass is 285 g/mol. The lowest BCUT2D eigenvalue weighted by Crippen LogP contribution is -2.25. The van der Waals surface area contributed by atoms with Crippen LogP contribution in [0.2, 0.25) is 0 Å². The molecular formula is C16H19N3O2. The molecule has 5 heteroatoms. The molecule has 0 bridgehead atoms. The van der Waals surface area contributed by atoms with Gasteiger partial charge in [-0.25, -0.2) is 0 Å². The van der Waals surface area contributed by atoms with E-state index >= 15 is 0 Å². The lowest BCUT2D eigenvalue weighted by Gasteiger charge is -2.07. The molecule has 21 heavy (non-hydrogen) atoms. The minimum absolute atomic E-state index is 0.0654. The summed E-state index contributed by atoms with van der Waals surface area (Å²) in [7, 11) is 1.66. The third-order valence-corrected chi connectivity index (χ3v) is 2.98. The van der Waals surface area contributed by atoms with Crippen molar-refractivity contribution in [3.63, 3.8) is 0 Å². The van der Waals surface area contributed by atoms with Gasteiger partial charge in [0.15, 0.2) is 0 Å². The minimum Gasteiger partial charge on any atom is -0.397 e. The predicted octanol–water partition coefficient (Wildman–Crippen LogP) is 1.67. The van der Waals surface area contributed by atoms with Crippen molar-refractivity contribution in [1.29, 1.82) is 0 Å². The van der Waals surface area contributed by atoms with Gasteiger partial charge in [0.1, 0.15) is 0 Å². The molecule has 2 aromatic rings. The number of nitrogens with one attached hydrogen (secondary N) is 1. The molecular weight excluding hydrogens is 266 g/mol. The standard InChI is InChI=1S/C16H19N3O2/c1-21-11-13-4-2-3-12(7-13)9-19-16(20)8-15-6-5-14(17)10-18-15/h2-7,10H,8-9,11,17H2,1H3,(H,19,20). The largest absolute Gasteiger partial charge is 0.397 e. The van der Waals surface area contributed by atoms with Gasteiger partial charge in [-0.15, -0.1) is 0 Å². The van der Waals surface area contributed by atoms with Crippen molar-refractivity contribution >= 4 is 11.6 Å². The summed E-state index contributed by atoms with van der Waals surface area (Å²) in [6.07, 6.45) is 1.80. The molecule has 0 aliphatic rings. The number of methoxy groups -OCH3 is 1. The summed E-state index contributed by atoms with van der Waals surface area (Å²) in [6.45, 7) is 1.06. The maximum Gasteiger partial charge on any atom is 0.226 e. The molecule has 2 rings (SSSR count). The Balaban J connectivity index is 1.86. The van der Waals surface area contributed by atoms with Gasteiger partial charge in [-0.05, 0) is 23.3 Å². The molecule has 1 aromatic heterocycles. The molecule has 1 amide bonds. The minimum atomic E-state index is -0.0654. The van der Waals surface area contributed by atoms with E-state index < -0.39 is 0 Å². The Labute approximate surface area is 124 Å². The predicted molar refractivity (Wildman–Crippen MR) is 81.4 cm³/mol. The Morgan fingerprint density at radius 1 is 1.29 bits per heavy atom. The van der Waals surface area contributed by atoms with Gasteiger partial charge in [-0.1, -0.05) is 24.3 Å². The topological polar surface area (TPSA) is 77.2 Å². The van der Waals surface area contributed by atoms with E-state index in [2.05, 4.69) is 10.3 Å². The number of nitrogen functional groups attached to an aromatic ring is 1. The van der Waals surface area contributed by atoms with E-state index in [-0.39, 0.29) is 12.3 Å². The van der Waals surface area contributed by atoms with Crippen molar-refractivity contribution in [2.45, 2.75) is 19.6 Å². The number of hydrogen-bond donors (Lipinski definition) is 2. The van der Waals surface area contributed by atoms with Crippen molar-refractivity contribution in [3.05, 3.63) is 59.4 Å². The summed E-state index contributed by atoms with van der Waals surface area (Å²) in [5.74, 6) is -0.0654. The molecule has 1 aromatic carbocycles. The van der Waals surface area contributed by atoms with Crippen LogP contribution < -0.4 is 11.1 Å². The fourth-order valence-corrected chi connectivity index (χ4v) is 1.96. The van der Waals surface area contributed by atoms with Crippen molar-refractivity contribution in [3.8, 4) is 0 Å². The number of carbonyl (C=O) groups excluding carboxylic acids is 1. The molecule has 0 aliphatic carbocycles. The van der Waals surface area contributed by atoms with Crippen molar-refractivity contribution in [2.75, 3.05) is 12.8 Å². The highest BCUT2D eigenvalue weighted by molar-refractivity contribution is 5.78. The third kappa shape index (κ3) is 4.89. The first kappa shape index (κ1) is 15.0. The molecule has 0 fully saturated rings. The van der Waals surface area contributed by atoms with E-state index in [0.717, 1.165) is 11.1 Å². The molecule has 0 atom stereocenters. The summed E-state index contributed by atoms with van der Waals surface area (Å²) in [4.78, 5) is 16.0. The van der Waals surface area contributed by atoms with Crippen LogP contribution in [0.3, 0.4) is 0 Å². The molecule has 0 aliphatic heterocycles. The van der Waals surface area contributed by atoms with Gasteiger partial charge in [0.25, 0.3) is 0 Å². The number of nitrogens with zero attached hydrogens (tertiary/aromatic N) is 1. The number of nitrogens with two attached hydrogens (primary N) is 1. The molecule has 0 spiro atoms. The lowest BCUT2D eigenvalue weighted by molar-refractivity contribution is -0.120. The lowest BCUT2D eigenvalue weighted by atomic mass is 10.1. The highest BCUT2D eigenvalue weighted by Crippen LogP contribution is 2.06. The Bertz CT molecular complexity index is 597. The van der Waals surface area contributed by atoms with Crippen LogP contribution in [0.4, 0.5) is 5.69 Å². The van der Waals surface area contributed by atoms with E-state index in [1.165, 1.54) is 0 Å². The van der Waals surface area contributed by atoms with E-state index in [0.29, 0.717) is 24.5 Å². The zero-order valence-electron chi connectivity index (χ0n) is 12.0. The number of aromatic nitrogens is 1. The Morgan fingerprint density at radius 3 is 2.81 bits per heavy atom. The first-order valence-electron chi connectivity index (χ1n) is 6.71. The summed E-state index contributed by atoms with van der Waals surface area (Å²) < 4.78 is 5.09. The third-order valence-electron chi connectivity index (χ3n) is 2.98. The number of hydrogen-bond acceptors (Lipinski definition) is 4. The van der Waals surface area contributed by atoms with Crippen LogP contribution in [-0.2, 0) is 29.1 Å². The van der Waals surface area contributed by atoms with Gasteiger partial charge in [-0.2, -0.15) is 0 Å². The van der Waals surface area contributed by atoms with Gasteiger partial charge >= 0.3 is 0 Å². The first-order chi connectivity index (χ1) is 10.2. The van der Waals surface area contributed by atoms with E-state index in [9.17, 15) is 4.79 Å². The molecule has 5 nitrogen and oxygen atoms in total. The second-order valence-electron chi connectivity index (χ2n) is 4.79. The van der Waals surface area contributed by atoms with Gasteiger partial charge in [0.2, 0.25) is 5.91 Å². The number of ether oxygens (including phenoxy) is 1. The SMILES string of the molecule is COCc1cccc(CNC(=O)Cc2ccc(N)cn2)c1. The van der Waals surface area contributed by atoms with Gasteiger partial charge in [0.05, 0.1) is 24.9 Å². The van der Waals surface area contributed by atoms with Crippen molar-refractivity contribution in [1.82, 2.24) is 10.3 Å². The van der Waals surface area contributed by atoms with Gasteiger partial charge in [-0.3, -0.25) is 9.78 Å². The zero-order chi connectivity index (χ0) is 15.1. The van der Waals surface area contributed by atoms with E-state index in [1.54, 1.807) is 25.4 Å². The van der Waals surface area contributed by atoms with Crippen molar-refractivity contribution in [2.24, 2.45) is 0 Å². The zero-order valence-corrected chi connectivity index (χ0v) is 12.0. The molecule has 3 N–H and O–H groups in total. The Morgan fingerprint density at radius 2 is 2.10 bits per heavy atom. The summed E-state index contributed by atoms with van der Waals surface area (Å²) in [5, 5.41) is 2.88. The molecule has 1 heterocycles. The van der Waals surface area contributed by atoms with E-state index in [1.807, 2.05) is 24.3 Å². The van der Waals surface area contributed by atoms with E-state index in [4.69, 9.17) is 10.5 Å². The van der Waals surface area contributed by atoms with Gasteiger partial charge < -0.3 is 15.8 Å². The van der Waals surface area contributed by atoms with Crippen LogP contribution in [0.5, 0.6) is 0 Å². The quantitative estimate of drug-likeness (QED) is 0.846. The smallest absolute Gasteiger partial charge is 0.226 e. The molecule has 110 valence electrons. The normalized spacial score (nSPS) is 10.3. The maximum absolute atomic E-state index is 11.9. The molecule has 0 unspecified atom stereocenters. The molecule has 0 saturated carbocycles. The highest BCUT2D eigenvalue weighted by Gasteiger charge is 2.04. The summed E-state index contributed by atoms with van der Waals surface area (Å²) >= 11 is 0. The van der Waals surface area contributed by atoms with Gasteiger partial charge in [0, 0.05) is 19.3 Å². The number of pyridine rings is 1. The summed E-state index contributed by atoms with van der Waals surface area (Å²) in [5.41, 5.74) is 8.99. The van der Waals surface area contributed by atoms with Crippen LogP contribution in [0, 0.1) is 0 Å². The van der Waals surface area contributed by atoms with Crippen LogP contribution in [-0.4, -0.2) is 18.0 Å². The highest BCUT2D eigenvalue weighted by atomic mass is 16.5. The van der Waals surface area contributed by atoms with Crippen LogP contribution in [0.25, 0.3) is 0 Å². The fourth-order valence-electron chi connectivity index (χ4n) is 1.96. The average Bonchev–Trinajstić information content (AvgIpc) is 2.48. The number of anilines is 1. The Hall–Kier alpha value is -2.40. The number of benzene rings is 1. The molecule has 0 saturated heterocycles. The van der Waals surface area contributed by atoms with Crippen LogP contribution in [0.15, 0.2) is 42.6 Å². The van der Waals surface area contributed by atoms with Crippen LogP contribution >= 0.6 is 0 Å². The number of rotatable bonds is 6. The maximum atomic E-state index is 11.9. The number of amides is 1. The Kier molecular flexibility index (Phi) is 5.29. The van der Waals surface area contributed by atoms with Crippen LogP contribution in [0.1, 0.15) is 16.8 Å². The first-order valence-corrected chi connectivity index (χ1v) is 6.71. The second kappa shape index (κ2) is 7.40. The summed E-state index contributed by atoms with van der Waals surface area (Å²) in [6, 6.07) is 11.4.